The van der Waals surface area contributed by atoms with Crippen molar-refractivity contribution in [2.75, 3.05) is 26.0 Å². The van der Waals surface area contributed by atoms with Gasteiger partial charge < -0.3 is 4.74 Å². The van der Waals surface area contributed by atoms with Crippen molar-refractivity contribution in [1.82, 2.24) is 9.62 Å². The molecule has 0 aromatic heterocycles. The summed E-state index contributed by atoms with van der Waals surface area (Å²) in [5, 5.41) is 0. The number of rotatable bonds is 4. The number of ether oxygens (including phenoxy) is 1. The molecule has 0 saturated carbocycles. The summed E-state index contributed by atoms with van der Waals surface area (Å²) in [7, 11) is -3.19. The summed E-state index contributed by atoms with van der Waals surface area (Å²) in [6.45, 7) is 5.09. The number of nitrogens with one attached hydrogen (secondary N) is 1. The average molecular weight is 370 g/mol. The zero-order valence-electron chi connectivity index (χ0n) is 14.9. The van der Waals surface area contributed by atoms with Gasteiger partial charge in [0.2, 0.25) is 10.0 Å². The fourth-order valence-corrected chi connectivity index (χ4v) is 4.76. The number of likely N-dealkylation sites (tertiary alicyclic amines) is 1. The molecule has 2 saturated heterocycles. The Labute approximate surface area is 149 Å². The van der Waals surface area contributed by atoms with E-state index in [0.29, 0.717) is 6.61 Å². The molecule has 0 aliphatic carbocycles. The molecule has 2 heterocycles. The SMILES string of the molecule is Cc1ccc(F)cc1CN1CCC2(CC1)CC(NS(C)(=O)=O)CCO2. The normalized spacial score (nSPS) is 24.5. The maximum absolute atomic E-state index is 13.5. The highest BCUT2D eigenvalue weighted by Crippen LogP contribution is 2.35. The molecule has 2 aliphatic rings. The van der Waals surface area contributed by atoms with E-state index >= 15 is 0 Å². The molecule has 0 radical (unpaired) electrons. The van der Waals surface area contributed by atoms with Gasteiger partial charge in [0.05, 0.1) is 11.9 Å². The predicted octanol–water partition coefficient (Wildman–Crippen LogP) is 2.20. The summed E-state index contributed by atoms with van der Waals surface area (Å²) >= 11 is 0. The van der Waals surface area contributed by atoms with Gasteiger partial charge in [0.1, 0.15) is 5.82 Å². The number of halogens is 1. The lowest BCUT2D eigenvalue weighted by Crippen LogP contribution is -2.53. The van der Waals surface area contributed by atoms with Crippen LogP contribution in [0.1, 0.15) is 36.8 Å². The first-order valence-corrected chi connectivity index (χ1v) is 10.7. The zero-order valence-corrected chi connectivity index (χ0v) is 15.7. The molecule has 2 aliphatic heterocycles. The van der Waals surface area contributed by atoms with Crippen LogP contribution in [0.5, 0.6) is 0 Å². The summed E-state index contributed by atoms with van der Waals surface area (Å²) in [6.07, 6.45) is 4.42. The maximum Gasteiger partial charge on any atom is 0.208 e. The van der Waals surface area contributed by atoms with Crippen LogP contribution in [0, 0.1) is 12.7 Å². The highest BCUT2D eigenvalue weighted by atomic mass is 32.2. The van der Waals surface area contributed by atoms with E-state index in [4.69, 9.17) is 4.74 Å². The summed E-state index contributed by atoms with van der Waals surface area (Å²) in [5.74, 6) is -0.195. The Morgan fingerprint density at radius 1 is 1.36 bits per heavy atom. The number of piperidine rings is 1. The Morgan fingerprint density at radius 2 is 2.08 bits per heavy atom. The van der Waals surface area contributed by atoms with Crippen molar-refractivity contribution >= 4 is 10.0 Å². The third kappa shape index (κ3) is 5.00. The Morgan fingerprint density at radius 3 is 2.76 bits per heavy atom. The Balaban J connectivity index is 1.58. The van der Waals surface area contributed by atoms with Gasteiger partial charge in [0, 0.05) is 32.3 Å². The number of aryl methyl sites for hydroxylation is 1. The number of nitrogens with zero attached hydrogens (tertiary/aromatic N) is 1. The first-order valence-electron chi connectivity index (χ1n) is 8.83. The largest absolute Gasteiger partial charge is 0.375 e. The molecule has 1 spiro atoms. The molecule has 0 amide bonds. The molecule has 1 aromatic rings. The first-order chi connectivity index (χ1) is 11.7. The molecular weight excluding hydrogens is 343 g/mol. The topological polar surface area (TPSA) is 58.6 Å². The van der Waals surface area contributed by atoms with Gasteiger partial charge in [-0.25, -0.2) is 17.5 Å². The first kappa shape index (κ1) is 18.8. The number of hydrogen-bond acceptors (Lipinski definition) is 4. The van der Waals surface area contributed by atoms with E-state index in [0.717, 1.165) is 56.4 Å². The van der Waals surface area contributed by atoms with Gasteiger partial charge >= 0.3 is 0 Å². The van der Waals surface area contributed by atoms with Gasteiger partial charge in [-0.3, -0.25) is 4.90 Å². The van der Waals surface area contributed by atoms with Crippen molar-refractivity contribution < 1.29 is 17.5 Å². The van der Waals surface area contributed by atoms with Crippen LogP contribution in [0.15, 0.2) is 18.2 Å². The second-order valence-corrected chi connectivity index (χ2v) is 9.24. The molecule has 1 unspecified atom stereocenters. The Bertz CT molecular complexity index is 715. The van der Waals surface area contributed by atoms with E-state index in [9.17, 15) is 12.8 Å². The van der Waals surface area contributed by atoms with E-state index in [-0.39, 0.29) is 17.5 Å². The minimum atomic E-state index is -3.19. The van der Waals surface area contributed by atoms with Gasteiger partial charge in [0.15, 0.2) is 0 Å². The Hall–Kier alpha value is -1.02. The minimum Gasteiger partial charge on any atom is -0.375 e. The van der Waals surface area contributed by atoms with Gasteiger partial charge in [0.25, 0.3) is 0 Å². The summed E-state index contributed by atoms with van der Waals surface area (Å²) in [5.41, 5.74) is 1.90. The van der Waals surface area contributed by atoms with Crippen LogP contribution >= 0.6 is 0 Å². The molecule has 140 valence electrons. The molecular formula is C18H27FN2O3S. The maximum atomic E-state index is 13.5. The number of sulfonamides is 1. The summed E-state index contributed by atoms with van der Waals surface area (Å²) in [4.78, 5) is 2.32. The van der Waals surface area contributed by atoms with Crippen LogP contribution in [-0.2, 0) is 21.3 Å². The second kappa shape index (κ2) is 7.31. The molecule has 25 heavy (non-hydrogen) atoms. The second-order valence-electron chi connectivity index (χ2n) is 7.46. The average Bonchev–Trinajstić information content (AvgIpc) is 2.52. The van der Waals surface area contributed by atoms with Crippen LogP contribution in [0.3, 0.4) is 0 Å². The molecule has 0 bridgehead atoms. The van der Waals surface area contributed by atoms with E-state index in [2.05, 4.69) is 9.62 Å². The quantitative estimate of drug-likeness (QED) is 0.883. The molecule has 1 atom stereocenters. The van der Waals surface area contributed by atoms with Gasteiger partial charge in [-0.2, -0.15) is 0 Å². The lowest BCUT2D eigenvalue weighted by atomic mass is 9.82. The smallest absolute Gasteiger partial charge is 0.208 e. The zero-order chi connectivity index (χ0) is 18.1. The third-order valence-electron chi connectivity index (χ3n) is 5.35. The van der Waals surface area contributed by atoms with Gasteiger partial charge in [-0.05, 0) is 55.9 Å². The number of benzene rings is 1. The van der Waals surface area contributed by atoms with Crippen molar-refractivity contribution in [1.29, 1.82) is 0 Å². The molecule has 1 N–H and O–H groups in total. The number of hydrogen-bond donors (Lipinski definition) is 1. The van der Waals surface area contributed by atoms with Crippen molar-refractivity contribution in [2.45, 2.75) is 50.8 Å². The molecule has 7 heteroatoms. The summed E-state index contributed by atoms with van der Waals surface area (Å²) in [6, 6.07) is 4.89. The van der Waals surface area contributed by atoms with Crippen molar-refractivity contribution in [3.63, 3.8) is 0 Å². The minimum absolute atomic E-state index is 0.0410. The predicted molar refractivity (Wildman–Crippen MR) is 95.3 cm³/mol. The summed E-state index contributed by atoms with van der Waals surface area (Å²) < 4.78 is 45.3. The highest BCUT2D eigenvalue weighted by Gasteiger charge is 2.40. The highest BCUT2D eigenvalue weighted by molar-refractivity contribution is 7.88. The lowest BCUT2D eigenvalue weighted by Gasteiger charge is -2.46. The van der Waals surface area contributed by atoms with Crippen molar-refractivity contribution in [2.24, 2.45) is 0 Å². The monoisotopic (exact) mass is 370 g/mol. The third-order valence-corrected chi connectivity index (χ3v) is 6.11. The lowest BCUT2D eigenvalue weighted by molar-refractivity contribution is -0.118. The van der Waals surface area contributed by atoms with Crippen LogP contribution < -0.4 is 4.72 Å². The van der Waals surface area contributed by atoms with Crippen LogP contribution in [-0.4, -0.2) is 50.9 Å². The molecule has 2 fully saturated rings. The molecule has 3 rings (SSSR count). The van der Waals surface area contributed by atoms with E-state index in [1.54, 1.807) is 6.07 Å². The van der Waals surface area contributed by atoms with E-state index in [1.165, 1.54) is 12.3 Å². The standard InChI is InChI=1S/C18H27FN2O3S/c1-14-3-4-16(19)11-15(14)13-21-8-6-18(7-9-21)12-17(5-10-24-18)20-25(2,22)23/h3-4,11,17,20H,5-10,12-13H2,1-2H3. The van der Waals surface area contributed by atoms with Crippen LogP contribution in [0.2, 0.25) is 0 Å². The molecule has 5 nitrogen and oxygen atoms in total. The molecule has 1 aromatic carbocycles. The Kier molecular flexibility index (Phi) is 5.48. The van der Waals surface area contributed by atoms with Crippen LogP contribution in [0.25, 0.3) is 0 Å². The van der Waals surface area contributed by atoms with Gasteiger partial charge in [-0.15, -0.1) is 0 Å². The fraction of sp³-hybridized carbons (Fsp3) is 0.667. The van der Waals surface area contributed by atoms with Crippen molar-refractivity contribution in [3.8, 4) is 0 Å². The van der Waals surface area contributed by atoms with Gasteiger partial charge in [-0.1, -0.05) is 6.07 Å². The van der Waals surface area contributed by atoms with E-state index in [1.807, 2.05) is 13.0 Å². The van der Waals surface area contributed by atoms with E-state index < -0.39 is 10.0 Å². The van der Waals surface area contributed by atoms with Crippen LogP contribution in [0.4, 0.5) is 4.39 Å². The fourth-order valence-electron chi connectivity index (χ4n) is 3.95. The van der Waals surface area contributed by atoms with Crippen molar-refractivity contribution in [3.05, 3.63) is 35.1 Å².